The first-order valence-electron chi connectivity index (χ1n) is 28.6. The summed E-state index contributed by atoms with van der Waals surface area (Å²) in [5.41, 5.74) is 23.5. The van der Waals surface area contributed by atoms with Crippen LogP contribution in [0.3, 0.4) is 0 Å². The van der Waals surface area contributed by atoms with Crippen LogP contribution in [0.4, 0.5) is 39.8 Å². The largest absolute Gasteiger partial charge is 0.335 e. The highest BCUT2D eigenvalue weighted by Gasteiger charge is 2.63. The van der Waals surface area contributed by atoms with E-state index in [1.54, 1.807) is 5.56 Å². The molecule has 6 aliphatic rings. The molecule has 380 valence electrons. The fourth-order valence-electron chi connectivity index (χ4n) is 16.1. The minimum absolute atomic E-state index is 0.0207. The molecule has 5 heteroatoms. The van der Waals surface area contributed by atoms with Gasteiger partial charge in [-0.3, -0.25) is 0 Å². The zero-order valence-electron chi connectivity index (χ0n) is 47.1. The number of nitrogens with zero attached hydrogens (tertiary/aromatic N) is 3. The summed E-state index contributed by atoms with van der Waals surface area (Å²) in [6.07, 6.45) is 9.75. The Labute approximate surface area is 452 Å². The number of hydrogen-bond donors (Lipinski definition) is 0. The van der Waals surface area contributed by atoms with Gasteiger partial charge < -0.3 is 14.7 Å². The molecule has 5 heterocycles. The van der Waals surface area contributed by atoms with Gasteiger partial charge in [0.1, 0.15) is 0 Å². The quantitative estimate of drug-likeness (QED) is 0.163. The third-order valence-electron chi connectivity index (χ3n) is 20.8. The number of anilines is 7. The molecule has 7 aromatic carbocycles. The predicted molar refractivity (Wildman–Crippen MR) is 326 cm³/mol. The SMILES string of the molecule is CC(C)(C)c1ccc(N2c3cc(N4c5ccccc5C5(C)CCCCC45C)cc4c3B(c3cc(C(C)(C)C)cc5c3N4C3(C)CCCCC53C)c3ccc4c(sc5ccc(C(C)(C)C)cc54)c32)c(-c2ccccc2)c1. The molecule has 3 nitrogen and oxygen atoms in total. The van der Waals surface area contributed by atoms with Crippen molar-refractivity contribution in [3.05, 3.63) is 155 Å². The van der Waals surface area contributed by atoms with E-state index in [4.69, 9.17) is 0 Å². The normalized spacial score (nSPS) is 24.5. The van der Waals surface area contributed by atoms with Gasteiger partial charge in [-0.1, -0.05) is 187 Å². The summed E-state index contributed by atoms with van der Waals surface area (Å²) >= 11 is 2.00. The summed E-state index contributed by atoms with van der Waals surface area (Å²) in [4.78, 5) is 8.66. The Hall–Kier alpha value is -5.78. The van der Waals surface area contributed by atoms with Gasteiger partial charge in [0.2, 0.25) is 0 Å². The lowest BCUT2D eigenvalue weighted by molar-refractivity contribution is 0.194. The Morgan fingerprint density at radius 1 is 0.467 bits per heavy atom. The summed E-state index contributed by atoms with van der Waals surface area (Å²) in [7, 11) is 0. The highest BCUT2D eigenvalue weighted by Crippen LogP contribution is 2.65. The smallest absolute Gasteiger partial charge is 0.252 e. The van der Waals surface area contributed by atoms with E-state index in [0.29, 0.717) is 0 Å². The molecule has 14 rings (SSSR count). The van der Waals surface area contributed by atoms with E-state index in [-0.39, 0.29) is 44.9 Å². The van der Waals surface area contributed by atoms with Crippen molar-refractivity contribution in [3.63, 3.8) is 0 Å². The van der Waals surface area contributed by atoms with Crippen LogP contribution in [0.2, 0.25) is 0 Å². The molecule has 4 unspecified atom stereocenters. The van der Waals surface area contributed by atoms with Gasteiger partial charge in [-0.2, -0.15) is 0 Å². The molecule has 0 spiro atoms. The van der Waals surface area contributed by atoms with Gasteiger partial charge in [0, 0.05) is 60.3 Å². The van der Waals surface area contributed by atoms with E-state index in [0.717, 1.165) is 6.42 Å². The van der Waals surface area contributed by atoms with Crippen LogP contribution in [0.1, 0.15) is 169 Å². The van der Waals surface area contributed by atoms with E-state index < -0.39 is 0 Å². The highest BCUT2D eigenvalue weighted by atomic mass is 32.1. The standard InChI is InChI=1S/C70H76BN3S/c1-64(2,3)44-27-31-55(49(37-44)43-23-15-14-16-24-43)72-57-41-47(73-56-26-18-17-25-51(56)67(10)33-19-21-35-69(67,73)12)42-58-60(57)71(53-30-29-48-50-38-45(65(4,5)6)28-32-59(50)75-63(48)62(53)72)54-40-46(66(7,8)9)39-52-61(54)74(58)70(13)36-22-20-34-68(52,70)11/h14-18,23-32,37-42H,19-22,33-36H2,1-13H3. The molecule has 0 amide bonds. The maximum atomic E-state index is 2.97. The molecular formula is C70H76BN3S. The van der Waals surface area contributed by atoms with Crippen molar-refractivity contribution in [3.8, 4) is 11.1 Å². The zero-order valence-corrected chi connectivity index (χ0v) is 47.9. The van der Waals surface area contributed by atoms with Crippen molar-refractivity contribution < 1.29 is 0 Å². The van der Waals surface area contributed by atoms with Gasteiger partial charge in [0.15, 0.2) is 0 Å². The third kappa shape index (κ3) is 6.28. The molecule has 1 aromatic heterocycles. The lowest BCUT2D eigenvalue weighted by Gasteiger charge is -2.54. The summed E-state index contributed by atoms with van der Waals surface area (Å²) in [5, 5.41) is 2.72. The minimum atomic E-state index is -0.114. The van der Waals surface area contributed by atoms with Crippen molar-refractivity contribution in [1.29, 1.82) is 0 Å². The molecule has 0 N–H and O–H groups in total. The summed E-state index contributed by atoms with van der Waals surface area (Å²) in [6.45, 7) is 32.1. The Morgan fingerprint density at radius 3 is 1.79 bits per heavy atom. The third-order valence-corrected chi connectivity index (χ3v) is 22.0. The van der Waals surface area contributed by atoms with Crippen LogP contribution < -0.4 is 31.1 Å². The first kappa shape index (κ1) is 47.7. The van der Waals surface area contributed by atoms with Crippen molar-refractivity contribution in [2.24, 2.45) is 0 Å². The van der Waals surface area contributed by atoms with Crippen LogP contribution in [0.15, 0.2) is 127 Å². The molecule has 75 heavy (non-hydrogen) atoms. The number of thiophene rings is 1. The summed E-state index contributed by atoms with van der Waals surface area (Å²) in [5.74, 6) is 0. The van der Waals surface area contributed by atoms with Gasteiger partial charge in [0.25, 0.3) is 6.71 Å². The molecule has 2 aliphatic carbocycles. The minimum Gasteiger partial charge on any atom is -0.335 e. The Morgan fingerprint density at radius 2 is 1.08 bits per heavy atom. The van der Waals surface area contributed by atoms with Gasteiger partial charge in [-0.05, 0) is 148 Å². The fraction of sp³-hybridized carbons (Fsp3) is 0.400. The van der Waals surface area contributed by atoms with Crippen LogP contribution in [-0.2, 0) is 27.1 Å². The summed E-state index contributed by atoms with van der Waals surface area (Å²) in [6, 6.07) is 51.5. The zero-order chi connectivity index (χ0) is 52.1. The van der Waals surface area contributed by atoms with E-state index in [1.165, 1.54) is 155 Å². The second kappa shape index (κ2) is 15.5. The van der Waals surface area contributed by atoms with Gasteiger partial charge in [-0.15, -0.1) is 11.3 Å². The lowest BCUT2D eigenvalue weighted by atomic mass is 9.33. The van der Waals surface area contributed by atoms with E-state index in [9.17, 15) is 0 Å². The Bertz CT molecular complexity index is 3730. The number of para-hydroxylation sites is 1. The summed E-state index contributed by atoms with van der Waals surface area (Å²) < 4.78 is 2.73. The molecule has 2 saturated carbocycles. The molecule has 2 fully saturated rings. The van der Waals surface area contributed by atoms with Crippen molar-refractivity contribution in [2.75, 3.05) is 14.7 Å². The van der Waals surface area contributed by atoms with E-state index in [1.807, 2.05) is 11.3 Å². The van der Waals surface area contributed by atoms with Crippen LogP contribution in [0.5, 0.6) is 0 Å². The average molecular weight is 1000 g/mol. The maximum absolute atomic E-state index is 2.97. The molecular weight excluding hydrogens is 926 g/mol. The first-order valence-corrected chi connectivity index (χ1v) is 29.5. The van der Waals surface area contributed by atoms with Crippen molar-refractivity contribution in [2.45, 2.75) is 180 Å². The Kier molecular flexibility index (Phi) is 9.82. The van der Waals surface area contributed by atoms with Crippen molar-refractivity contribution in [1.82, 2.24) is 0 Å². The number of fused-ring (bicyclic) bond motifs is 14. The van der Waals surface area contributed by atoms with Crippen LogP contribution in [0.25, 0.3) is 31.3 Å². The van der Waals surface area contributed by atoms with Crippen LogP contribution in [-0.4, -0.2) is 17.8 Å². The average Bonchev–Trinajstić information content (AvgIpc) is 4.05. The van der Waals surface area contributed by atoms with Crippen LogP contribution in [0, 0.1) is 0 Å². The Balaban J connectivity index is 1.17. The van der Waals surface area contributed by atoms with Gasteiger partial charge in [0.05, 0.1) is 27.2 Å². The molecule has 8 aromatic rings. The number of rotatable bonds is 3. The molecule has 0 bridgehead atoms. The predicted octanol–water partition coefficient (Wildman–Crippen LogP) is 17.7. The fourth-order valence-corrected chi connectivity index (χ4v) is 17.3. The monoisotopic (exact) mass is 1000 g/mol. The maximum Gasteiger partial charge on any atom is 0.252 e. The second-order valence-corrected chi connectivity index (χ2v) is 29.0. The van der Waals surface area contributed by atoms with Crippen LogP contribution >= 0.6 is 11.3 Å². The molecule has 0 saturated heterocycles. The number of benzene rings is 7. The second-order valence-electron chi connectivity index (χ2n) is 28.0. The topological polar surface area (TPSA) is 9.72 Å². The highest BCUT2D eigenvalue weighted by molar-refractivity contribution is 7.26. The van der Waals surface area contributed by atoms with Gasteiger partial charge >= 0.3 is 0 Å². The van der Waals surface area contributed by atoms with Gasteiger partial charge in [-0.25, -0.2) is 0 Å². The molecule has 0 radical (unpaired) electrons. The first-order chi connectivity index (χ1) is 35.6. The molecule has 4 aliphatic heterocycles. The van der Waals surface area contributed by atoms with E-state index in [2.05, 4.69) is 232 Å². The molecule has 4 atom stereocenters. The number of hydrogen-bond acceptors (Lipinski definition) is 4. The van der Waals surface area contributed by atoms with Crippen molar-refractivity contribution >= 4 is 94.4 Å². The van der Waals surface area contributed by atoms with E-state index >= 15 is 0 Å². The lowest BCUT2D eigenvalue weighted by Crippen LogP contribution is -2.64.